The highest BCUT2D eigenvalue weighted by atomic mass is 79.9. The van der Waals surface area contributed by atoms with Gasteiger partial charge in [-0.3, -0.25) is 0 Å². The number of rotatable bonds is 6. The van der Waals surface area contributed by atoms with Crippen molar-refractivity contribution in [3.05, 3.63) is 34.1 Å². The van der Waals surface area contributed by atoms with Gasteiger partial charge in [-0.15, -0.1) is 0 Å². The Balaban J connectivity index is 2.57. The van der Waals surface area contributed by atoms with Gasteiger partial charge in [-0.05, 0) is 48.6 Å². The SMILES string of the molecule is CC(C)NCC(C)C(C)Cc1cc(Br)ccc1F. The van der Waals surface area contributed by atoms with Gasteiger partial charge in [-0.2, -0.15) is 0 Å². The van der Waals surface area contributed by atoms with Crippen molar-refractivity contribution in [2.75, 3.05) is 6.54 Å². The van der Waals surface area contributed by atoms with E-state index in [1.165, 1.54) is 6.07 Å². The molecule has 0 saturated heterocycles. The maximum absolute atomic E-state index is 13.7. The third kappa shape index (κ3) is 5.07. The topological polar surface area (TPSA) is 12.0 Å². The molecule has 2 atom stereocenters. The van der Waals surface area contributed by atoms with Crippen molar-refractivity contribution >= 4 is 15.9 Å². The Kier molecular flexibility index (Phi) is 6.30. The minimum atomic E-state index is -0.103. The zero-order valence-electron chi connectivity index (χ0n) is 11.6. The van der Waals surface area contributed by atoms with E-state index in [1.54, 1.807) is 6.07 Å². The molecular formula is C15H23BrFN. The second-order valence-electron chi connectivity index (χ2n) is 5.46. The van der Waals surface area contributed by atoms with Crippen LogP contribution >= 0.6 is 15.9 Å². The van der Waals surface area contributed by atoms with Gasteiger partial charge >= 0.3 is 0 Å². The summed E-state index contributed by atoms with van der Waals surface area (Å²) in [6.45, 7) is 9.67. The van der Waals surface area contributed by atoms with Gasteiger partial charge in [0.05, 0.1) is 0 Å². The van der Waals surface area contributed by atoms with Crippen molar-refractivity contribution < 1.29 is 4.39 Å². The average Bonchev–Trinajstić information content (AvgIpc) is 2.30. The molecule has 0 heterocycles. The summed E-state index contributed by atoms with van der Waals surface area (Å²) in [5.41, 5.74) is 0.799. The molecule has 1 N–H and O–H groups in total. The van der Waals surface area contributed by atoms with Crippen LogP contribution in [0.25, 0.3) is 0 Å². The van der Waals surface area contributed by atoms with Crippen LogP contribution in [-0.4, -0.2) is 12.6 Å². The molecule has 0 fully saturated rings. The summed E-state index contributed by atoms with van der Waals surface area (Å²) in [4.78, 5) is 0. The molecule has 1 aromatic carbocycles. The molecule has 0 bridgehead atoms. The van der Waals surface area contributed by atoms with E-state index in [1.807, 2.05) is 6.07 Å². The highest BCUT2D eigenvalue weighted by molar-refractivity contribution is 9.10. The van der Waals surface area contributed by atoms with E-state index in [2.05, 4.69) is 48.9 Å². The van der Waals surface area contributed by atoms with Gasteiger partial charge in [-0.1, -0.05) is 43.6 Å². The van der Waals surface area contributed by atoms with Gasteiger partial charge in [0.1, 0.15) is 5.82 Å². The van der Waals surface area contributed by atoms with Crippen molar-refractivity contribution in [2.24, 2.45) is 11.8 Å². The minimum Gasteiger partial charge on any atom is -0.314 e. The Morgan fingerprint density at radius 3 is 2.44 bits per heavy atom. The van der Waals surface area contributed by atoms with Crippen molar-refractivity contribution in [1.29, 1.82) is 0 Å². The summed E-state index contributed by atoms with van der Waals surface area (Å²) in [5.74, 6) is 0.889. The average molecular weight is 316 g/mol. The lowest BCUT2D eigenvalue weighted by Crippen LogP contribution is -2.31. The zero-order valence-corrected chi connectivity index (χ0v) is 13.2. The molecule has 0 saturated carbocycles. The molecule has 3 heteroatoms. The van der Waals surface area contributed by atoms with Crippen LogP contribution in [0.4, 0.5) is 4.39 Å². The molecule has 0 aromatic heterocycles. The molecule has 2 unspecified atom stereocenters. The maximum Gasteiger partial charge on any atom is 0.126 e. The van der Waals surface area contributed by atoms with Gasteiger partial charge < -0.3 is 5.32 Å². The fourth-order valence-electron chi connectivity index (χ4n) is 1.87. The van der Waals surface area contributed by atoms with Crippen molar-refractivity contribution in [3.8, 4) is 0 Å². The molecule has 102 valence electrons. The Hall–Kier alpha value is -0.410. The van der Waals surface area contributed by atoms with Crippen LogP contribution in [0.5, 0.6) is 0 Å². The Morgan fingerprint density at radius 1 is 1.17 bits per heavy atom. The first-order valence-electron chi connectivity index (χ1n) is 6.57. The summed E-state index contributed by atoms with van der Waals surface area (Å²) in [7, 11) is 0. The van der Waals surface area contributed by atoms with Gasteiger partial charge in [0.25, 0.3) is 0 Å². The van der Waals surface area contributed by atoms with Gasteiger partial charge in [-0.25, -0.2) is 4.39 Å². The Morgan fingerprint density at radius 2 is 1.83 bits per heavy atom. The lowest BCUT2D eigenvalue weighted by Gasteiger charge is -2.22. The lowest BCUT2D eigenvalue weighted by molar-refractivity contribution is 0.351. The third-order valence-corrected chi connectivity index (χ3v) is 3.86. The number of benzene rings is 1. The van der Waals surface area contributed by atoms with Crippen LogP contribution in [0.2, 0.25) is 0 Å². The molecule has 0 radical (unpaired) electrons. The molecule has 0 amide bonds. The predicted octanol–water partition coefficient (Wildman–Crippen LogP) is 4.40. The van der Waals surface area contributed by atoms with Crippen LogP contribution in [0.3, 0.4) is 0 Å². The summed E-state index contributed by atoms with van der Waals surface area (Å²) in [5, 5.41) is 3.43. The number of hydrogen-bond acceptors (Lipinski definition) is 1. The normalized spacial score (nSPS) is 14.8. The first-order valence-corrected chi connectivity index (χ1v) is 7.36. The van der Waals surface area contributed by atoms with Crippen molar-refractivity contribution in [3.63, 3.8) is 0 Å². The predicted molar refractivity (Wildman–Crippen MR) is 79.3 cm³/mol. The molecule has 0 aliphatic heterocycles. The summed E-state index contributed by atoms with van der Waals surface area (Å²) >= 11 is 3.39. The summed E-state index contributed by atoms with van der Waals surface area (Å²) in [6, 6.07) is 5.66. The minimum absolute atomic E-state index is 0.103. The second kappa shape index (κ2) is 7.25. The van der Waals surface area contributed by atoms with Crippen LogP contribution in [0, 0.1) is 17.7 Å². The zero-order chi connectivity index (χ0) is 13.7. The summed E-state index contributed by atoms with van der Waals surface area (Å²) in [6.07, 6.45) is 0.784. The molecule has 1 aromatic rings. The molecular weight excluding hydrogens is 293 g/mol. The molecule has 1 nitrogen and oxygen atoms in total. The van der Waals surface area contributed by atoms with Crippen LogP contribution in [0.1, 0.15) is 33.3 Å². The summed E-state index contributed by atoms with van der Waals surface area (Å²) < 4.78 is 14.6. The molecule has 0 spiro atoms. The van der Waals surface area contributed by atoms with Crippen LogP contribution < -0.4 is 5.32 Å². The van der Waals surface area contributed by atoms with Crippen molar-refractivity contribution in [1.82, 2.24) is 5.32 Å². The molecule has 1 rings (SSSR count). The fourth-order valence-corrected chi connectivity index (χ4v) is 2.28. The smallest absolute Gasteiger partial charge is 0.126 e. The highest BCUT2D eigenvalue weighted by Gasteiger charge is 2.15. The Bertz CT molecular complexity index is 379. The van der Waals surface area contributed by atoms with E-state index in [4.69, 9.17) is 0 Å². The second-order valence-corrected chi connectivity index (χ2v) is 6.37. The van der Waals surface area contributed by atoms with E-state index in [0.717, 1.165) is 23.0 Å². The van der Waals surface area contributed by atoms with E-state index in [9.17, 15) is 4.39 Å². The molecule has 0 aliphatic carbocycles. The third-order valence-electron chi connectivity index (χ3n) is 3.37. The fraction of sp³-hybridized carbons (Fsp3) is 0.600. The largest absolute Gasteiger partial charge is 0.314 e. The van der Waals surface area contributed by atoms with Crippen LogP contribution in [0.15, 0.2) is 22.7 Å². The first-order chi connectivity index (χ1) is 8.40. The lowest BCUT2D eigenvalue weighted by atomic mass is 9.89. The number of halogens is 2. The monoisotopic (exact) mass is 315 g/mol. The van der Waals surface area contributed by atoms with E-state index < -0.39 is 0 Å². The van der Waals surface area contributed by atoms with Crippen molar-refractivity contribution in [2.45, 2.75) is 40.2 Å². The highest BCUT2D eigenvalue weighted by Crippen LogP contribution is 2.22. The molecule has 0 aliphatic rings. The van der Waals surface area contributed by atoms with Crippen LogP contribution in [-0.2, 0) is 6.42 Å². The maximum atomic E-state index is 13.7. The number of hydrogen-bond donors (Lipinski definition) is 1. The molecule has 18 heavy (non-hydrogen) atoms. The van der Waals surface area contributed by atoms with E-state index in [0.29, 0.717) is 17.9 Å². The quantitative estimate of drug-likeness (QED) is 0.820. The van der Waals surface area contributed by atoms with E-state index >= 15 is 0 Å². The standard InChI is InChI=1S/C15H23BrFN/c1-10(2)18-9-12(4)11(3)7-13-8-14(16)5-6-15(13)17/h5-6,8,10-12,18H,7,9H2,1-4H3. The Labute approximate surface area is 118 Å². The number of nitrogens with one attached hydrogen (secondary N) is 1. The van der Waals surface area contributed by atoms with E-state index in [-0.39, 0.29) is 5.82 Å². The van der Waals surface area contributed by atoms with Gasteiger partial charge in [0.15, 0.2) is 0 Å². The van der Waals surface area contributed by atoms with Gasteiger partial charge in [0.2, 0.25) is 0 Å². The van der Waals surface area contributed by atoms with Gasteiger partial charge in [0, 0.05) is 10.5 Å². The first kappa shape index (κ1) is 15.6.